The van der Waals surface area contributed by atoms with Crippen molar-refractivity contribution >= 4 is 41.3 Å². The number of aliphatic imine (C=N–C) groups is 1. The number of ether oxygens (including phenoxy) is 1. The van der Waals surface area contributed by atoms with Crippen molar-refractivity contribution in [3.05, 3.63) is 22.4 Å². The molecule has 1 fully saturated rings. The highest BCUT2D eigenvalue weighted by atomic mass is 127. The molecule has 1 aromatic rings. The van der Waals surface area contributed by atoms with Crippen molar-refractivity contribution in [1.82, 2.24) is 10.6 Å². The van der Waals surface area contributed by atoms with E-state index >= 15 is 0 Å². The first-order valence-electron chi connectivity index (χ1n) is 8.75. The molecule has 1 aromatic heterocycles. The summed E-state index contributed by atoms with van der Waals surface area (Å²) in [4.78, 5) is 6.14. The van der Waals surface area contributed by atoms with Gasteiger partial charge in [0.1, 0.15) is 0 Å². The van der Waals surface area contributed by atoms with Gasteiger partial charge in [-0.2, -0.15) is 0 Å². The van der Waals surface area contributed by atoms with E-state index in [1.807, 2.05) is 0 Å². The van der Waals surface area contributed by atoms with E-state index in [2.05, 4.69) is 48.9 Å². The molecule has 2 N–H and O–H groups in total. The fourth-order valence-corrected chi connectivity index (χ4v) is 3.12. The van der Waals surface area contributed by atoms with Crippen LogP contribution in [0.5, 0.6) is 0 Å². The highest BCUT2D eigenvalue weighted by Crippen LogP contribution is 2.29. The Morgan fingerprint density at radius 3 is 2.79 bits per heavy atom. The Labute approximate surface area is 167 Å². The molecule has 0 unspecified atom stereocenters. The Hall–Kier alpha value is -0.340. The van der Waals surface area contributed by atoms with E-state index in [0.29, 0.717) is 0 Å². The quantitative estimate of drug-likeness (QED) is 0.238. The summed E-state index contributed by atoms with van der Waals surface area (Å²) < 4.78 is 5.66. The third-order valence-corrected chi connectivity index (χ3v) is 5.21. The number of thiophene rings is 1. The van der Waals surface area contributed by atoms with Crippen LogP contribution in [-0.4, -0.2) is 38.8 Å². The van der Waals surface area contributed by atoms with Gasteiger partial charge in [0.15, 0.2) is 5.96 Å². The van der Waals surface area contributed by atoms with Crippen molar-refractivity contribution < 1.29 is 4.74 Å². The predicted molar refractivity (Wildman–Crippen MR) is 115 cm³/mol. The van der Waals surface area contributed by atoms with Gasteiger partial charge in [0.05, 0.1) is 6.54 Å². The lowest BCUT2D eigenvalue weighted by Gasteiger charge is -2.21. The van der Waals surface area contributed by atoms with Crippen LogP contribution in [0, 0.1) is 5.92 Å². The molecule has 0 saturated heterocycles. The van der Waals surface area contributed by atoms with Gasteiger partial charge in [-0.3, -0.25) is 4.99 Å². The monoisotopic (exact) mass is 465 g/mol. The zero-order chi connectivity index (χ0) is 16.5. The van der Waals surface area contributed by atoms with Crippen LogP contribution in [0.4, 0.5) is 0 Å². The Balaban J connectivity index is 0.00000288. The number of rotatable bonds is 10. The zero-order valence-corrected chi connectivity index (χ0v) is 18.3. The van der Waals surface area contributed by atoms with Crippen LogP contribution in [-0.2, 0) is 10.2 Å². The Kier molecular flexibility index (Phi) is 10.2. The summed E-state index contributed by atoms with van der Waals surface area (Å²) in [5.41, 5.74) is 0.0733. The number of halogens is 1. The number of hydrogen-bond acceptors (Lipinski definition) is 3. The van der Waals surface area contributed by atoms with Gasteiger partial charge in [-0.25, -0.2) is 0 Å². The number of guanidine groups is 1. The molecule has 0 aliphatic heterocycles. The smallest absolute Gasteiger partial charge is 0.191 e. The lowest BCUT2D eigenvalue weighted by Crippen LogP contribution is -2.39. The summed E-state index contributed by atoms with van der Waals surface area (Å²) in [5.74, 6) is 1.75. The van der Waals surface area contributed by atoms with Crippen LogP contribution < -0.4 is 10.6 Å². The van der Waals surface area contributed by atoms with Crippen LogP contribution in [0.25, 0.3) is 0 Å². The molecule has 0 bridgehead atoms. The van der Waals surface area contributed by atoms with Crippen molar-refractivity contribution in [2.75, 3.05) is 32.8 Å². The third kappa shape index (κ3) is 8.16. The topological polar surface area (TPSA) is 45.7 Å². The van der Waals surface area contributed by atoms with Crippen molar-refractivity contribution in [3.63, 3.8) is 0 Å². The van der Waals surface area contributed by atoms with Crippen LogP contribution in [0.2, 0.25) is 0 Å². The molecule has 0 atom stereocenters. The highest BCUT2D eigenvalue weighted by Gasteiger charge is 2.22. The lowest BCUT2D eigenvalue weighted by molar-refractivity contribution is 0.123. The number of nitrogens with one attached hydrogen (secondary N) is 2. The van der Waals surface area contributed by atoms with Crippen molar-refractivity contribution in [3.8, 4) is 0 Å². The first kappa shape index (κ1) is 21.7. The first-order valence-corrected chi connectivity index (χ1v) is 9.63. The largest absolute Gasteiger partial charge is 0.381 e. The van der Waals surface area contributed by atoms with E-state index < -0.39 is 0 Å². The molecule has 24 heavy (non-hydrogen) atoms. The normalized spacial score (nSPS) is 15.0. The van der Waals surface area contributed by atoms with Crippen molar-refractivity contribution in [2.45, 2.75) is 45.4 Å². The second-order valence-corrected chi connectivity index (χ2v) is 7.80. The summed E-state index contributed by atoms with van der Waals surface area (Å²) in [6.45, 7) is 10.9. The van der Waals surface area contributed by atoms with Gasteiger partial charge in [0.2, 0.25) is 0 Å². The molecule has 1 aliphatic rings. The molecule has 0 aromatic carbocycles. The number of nitrogens with zero attached hydrogens (tertiary/aromatic N) is 1. The summed E-state index contributed by atoms with van der Waals surface area (Å²) in [6, 6.07) is 4.30. The summed E-state index contributed by atoms with van der Waals surface area (Å²) in [5, 5.41) is 8.86. The average molecular weight is 465 g/mol. The van der Waals surface area contributed by atoms with Gasteiger partial charge < -0.3 is 15.4 Å². The van der Waals surface area contributed by atoms with Crippen LogP contribution >= 0.6 is 35.3 Å². The second-order valence-electron chi connectivity index (χ2n) is 6.85. The fraction of sp³-hybridized carbons (Fsp3) is 0.722. The molecule has 6 heteroatoms. The van der Waals surface area contributed by atoms with Crippen molar-refractivity contribution in [2.24, 2.45) is 10.9 Å². The van der Waals surface area contributed by atoms with Gasteiger partial charge in [0, 0.05) is 36.6 Å². The Morgan fingerprint density at radius 2 is 2.17 bits per heavy atom. The molecule has 0 amide bonds. The van der Waals surface area contributed by atoms with Crippen LogP contribution in [0.15, 0.2) is 22.5 Å². The van der Waals surface area contributed by atoms with Crippen LogP contribution in [0.1, 0.15) is 44.9 Å². The molecule has 138 valence electrons. The zero-order valence-electron chi connectivity index (χ0n) is 15.1. The molecule has 1 saturated carbocycles. The summed E-state index contributed by atoms with van der Waals surface area (Å²) >= 11 is 1.80. The van der Waals surface area contributed by atoms with E-state index in [1.165, 1.54) is 17.7 Å². The third-order valence-electron chi connectivity index (χ3n) is 3.97. The van der Waals surface area contributed by atoms with Crippen molar-refractivity contribution in [1.29, 1.82) is 0 Å². The molecular formula is C18H32IN3OS. The highest BCUT2D eigenvalue weighted by molar-refractivity contribution is 14.0. The summed E-state index contributed by atoms with van der Waals surface area (Å²) in [6.07, 6.45) is 3.73. The molecule has 2 rings (SSSR count). The standard InChI is InChI=1S/C18H31N3OS.HI/c1-4-19-17(20-10-6-11-22-13-15-8-9-15)21-14-18(2,3)16-7-5-12-23-16;/h5,7,12,15H,4,6,8-11,13-14H2,1-3H3,(H2,19,20,21);1H. The molecule has 1 heterocycles. The van der Waals surface area contributed by atoms with Gasteiger partial charge in [-0.1, -0.05) is 19.9 Å². The van der Waals surface area contributed by atoms with E-state index in [9.17, 15) is 0 Å². The van der Waals surface area contributed by atoms with E-state index in [1.54, 1.807) is 11.3 Å². The molecular weight excluding hydrogens is 433 g/mol. The average Bonchev–Trinajstić information content (AvgIpc) is 3.17. The number of hydrogen-bond donors (Lipinski definition) is 2. The SMILES string of the molecule is CCNC(=NCC(C)(C)c1cccs1)NCCCOCC1CC1.I. The molecule has 4 nitrogen and oxygen atoms in total. The fourth-order valence-electron chi connectivity index (χ4n) is 2.28. The molecule has 1 aliphatic carbocycles. The van der Waals surface area contributed by atoms with Gasteiger partial charge in [0.25, 0.3) is 0 Å². The molecule has 0 spiro atoms. The summed E-state index contributed by atoms with van der Waals surface area (Å²) in [7, 11) is 0. The van der Waals surface area contributed by atoms with Crippen LogP contribution in [0.3, 0.4) is 0 Å². The maximum atomic E-state index is 5.66. The Morgan fingerprint density at radius 1 is 1.38 bits per heavy atom. The van der Waals surface area contributed by atoms with Gasteiger partial charge in [-0.05, 0) is 43.6 Å². The minimum Gasteiger partial charge on any atom is -0.381 e. The molecule has 0 radical (unpaired) electrons. The maximum absolute atomic E-state index is 5.66. The first-order chi connectivity index (χ1) is 11.1. The second kappa shape index (κ2) is 11.3. The van der Waals surface area contributed by atoms with Gasteiger partial charge in [-0.15, -0.1) is 35.3 Å². The Bertz CT molecular complexity index is 473. The maximum Gasteiger partial charge on any atom is 0.191 e. The minimum absolute atomic E-state index is 0. The van der Waals surface area contributed by atoms with E-state index in [0.717, 1.165) is 51.1 Å². The predicted octanol–water partition coefficient (Wildman–Crippen LogP) is 4.02. The lowest BCUT2D eigenvalue weighted by atomic mass is 9.92. The minimum atomic E-state index is 0. The van der Waals surface area contributed by atoms with E-state index in [-0.39, 0.29) is 29.4 Å². The van der Waals surface area contributed by atoms with Gasteiger partial charge >= 0.3 is 0 Å². The van der Waals surface area contributed by atoms with E-state index in [4.69, 9.17) is 9.73 Å².